The van der Waals surface area contributed by atoms with Crippen LogP contribution in [-0.4, -0.2) is 50.0 Å². The molecule has 0 atom stereocenters. The summed E-state index contributed by atoms with van der Waals surface area (Å²) in [6.45, 7) is 2.81. The van der Waals surface area contributed by atoms with Crippen molar-refractivity contribution in [2.24, 2.45) is 11.8 Å². The summed E-state index contributed by atoms with van der Waals surface area (Å²) in [6, 6.07) is 3.44. The molecule has 8 heteroatoms. The van der Waals surface area contributed by atoms with Gasteiger partial charge in [0, 0.05) is 17.9 Å². The van der Waals surface area contributed by atoms with Gasteiger partial charge in [-0.25, -0.2) is 9.78 Å². The number of aromatic nitrogens is 5. The van der Waals surface area contributed by atoms with Crippen LogP contribution in [0.25, 0.3) is 11.4 Å². The summed E-state index contributed by atoms with van der Waals surface area (Å²) >= 11 is 0. The van der Waals surface area contributed by atoms with Crippen molar-refractivity contribution in [3.63, 3.8) is 0 Å². The molecule has 0 spiro atoms. The first-order chi connectivity index (χ1) is 12.1. The maximum absolute atomic E-state index is 11.7. The summed E-state index contributed by atoms with van der Waals surface area (Å²) in [4.78, 5) is 17.5. The molecule has 1 aliphatic rings. The second kappa shape index (κ2) is 7.69. The van der Waals surface area contributed by atoms with Crippen molar-refractivity contribution in [2.45, 2.75) is 39.2 Å². The van der Waals surface area contributed by atoms with E-state index in [0.717, 1.165) is 32.2 Å². The molecule has 0 amide bonds. The van der Waals surface area contributed by atoms with Crippen molar-refractivity contribution in [1.29, 1.82) is 0 Å². The molecule has 0 saturated heterocycles. The Morgan fingerprint density at radius 3 is 2.68 bits per heavy atom. The molecule has 3 rings (SSSR count). The second-order valence-corrected chi connectivity index (χ2v) is 6.61. The van der Waals surface area contributed by atoms with Crippen LogP contribution in [0.3, 0.4) is 0 Å². The van der Waals surface area contributed by atoms with Gasteiger partial charge in [-0.1, -0.05) is 0 Å². The van der Waals surface area contributed by atoms with Gasteiger partial charge in [0.15, 0.2) is 0 Å². The number of esters is 1. The summed E-state index contributed by atoms with van der Waals surface area (Å²) in [5, 5.41) is 21.9. The van der Waals surface area contributed by atoms with E-state index in [4.69, 9.17) is 4.74 Å². The maximum Gasteiger partial charge on any atom is 0.356 e. The first-order valence-electron chi connectivity index (χ1n) is 8.55. The van der Waals surface area contributed by atoms with Gasteiger partial charge in [-0.3, -0.25) is 0 Å². The number of nitrogens with zero attached hydrogens (tertiary/aromatic N) is 5. The molecule has 1 saturated carbocycles. The molecule has 1 fully saturated rings. The number of hydrogen-bond acceptors (Lipinski definition) is 7. The lowest BCUT2D eigenvalue weighted by atomic mass is 9.82. The summed E-state index contributed by atoms with van der Waals surface area (Å²) < 4.78 is 4.72. The molecule has 1 aliphatic carbocycles. The van der Waals surface area contributed by atoms with Gasteiger partial charge in [-0.2, -0.15) is 4.80 Å². The predicted molar refractivity (Wildman–Crippen MR) is 89.7 cm³/mol. The van der Waals surface area contributed by atoms with Crippen molar-refractivity contribution >= 4 is 5.97 Å². The molecule has 25 heavy (non-hydrogen) atoms. The van der Waals surface area contributed by atoms with E-state index >= 15 is 0 Å². The molecule has 8 nitrogen and oxygen atoms in total. The van der Waals surface area contributed by atoms with E-state index in [1.165, 1.54) is 7.11 Å². The second-order valence-electron chi connectivity index (χ2n) is 6.61. The number of tetrazole rings is 1. The van der Waals surface area contributed by atoms with Crippen molar-refractivity contribution in [3.05, 3.63) is 23.5 Å². The van der Waals surface area contributed by atoms with Gasteiger partial charge >= 0.3 is 5.97 Å². The van der Waals surface area contributed by atoms with Gasteiger partial charge in [0.05, 0.1) is 13.7 Å². The summed E-state index contributed by atoms with van der Waals surface area (Å²) in [7, 11) is 1.33. The van der Waals surface area contributed by atoms with Crippen LogP contribution in [0.1, 0.15) is 41.9 Å². The molecule has 0 bridgehead atoms. The molecule has 2 aromatic heterocycles. The quantitative estimate of drug-likeness (QED) is 0.821. The number of pyridine rings is 1. The summed E-state index contributed by atoms with van der Waals surface area (Å²) in [5.41, 5.74) is 1.62. The van der Waals surface area contributed by atoms with Gasteiger partial charge in [0.25, 0.3) is 0 Å². The zero-order chi connectivity index (χ0) is 17.8. The van der Waals surface area contributed by atoms with Gasteiger partial charge < -0.3 is 9.84 Å². The number of carbonyl (C=O) groups excluding carboxylic acids is 1. The van der Waals surface area contributed by atoms with Crippen molar-refractivity contribution < 1.29 is 14.6 Å². The number of aliphatic hydroxyl groups excluding tert-OH is 1. The van der Waals surface area contributed by atoms with E-state index in [1.807, 2.05) is 6.07 Å². The lowest BCUT2D eigenvalue weighted by Gasteiger charge is -2.26. The Hall–Kier alpha value is -2.35. The Bertz CT molecular complexity index is 738. The van der Waals surface area contributed by atoms with E-state index in [-0.39, 0.29) is 12.3 Å². The Kier molecular flexibility index (Phi) is 5.37. The Morgan fingerprint density at radius 1 is 1.28 bits per heavy atom. The number of ether oxygens (including phenoxy) is 1. The molecule has 0 aromatic carbocycles. The lowest BCUT2D eigenvalue weighted by molar-refractivity contribution is 0.0594. The SMILES string of the molecule is COC(=O)c1cc(-c2nnn(CC3CCC(CO)CC3)n2)cc(C)n1. The molecular weight excluding hydrogens is 322 g/mol. The third-order valence-electron chi connectivity index (χ3n) is 4.71. The van der Waals surface area contributed by atoms with Gasteiger partial charge in [-0.05, 0) is 61.8 Å². The van der Waals surface area contributed by atoms with Crippen molar-refractivity contribution in [3.8, 4) is 11.4 Å². The average Bonchev–Trinajstić information content (AvgIpc) is 3.09. The Morgan fingerprint density at radius 2 is 2.00 bits per heavy atom. The topological polar surface area (TPSA) is 103 Å². The van der Waals surface area contributed by atoms with E-state index in [2.05, 4.69) is 20.4 Å². The van der Waals surface area contributed by atoms with Crippen LogP contribution in [0.2, 0.25) is 0 Å². The third-order valence-corrected chi connectivity index (χ3v) is 4.71. The van der Waals surface area contributed by atoms with Crippen LogP contribution in [0.5, 0.6) is 0 Å². The molecular formula is C17H23N5O3. The molecule has 2 heterocycles. The maximum atomic E-state index is 11.7. The Balaban J connectivity index is 1.71. The van der Waals surface area contributed by atoms with Crippen LogP contribution in [-0.2, 0) is 11.3 Å². The zero-order valence-corrected chi connectivity index (χ0v) is 14.6. The molecule has 2 aromatic rings. The fraction of sp³-hybridized carbons (Fsp3) is 0.588. The average molecular weight is 345 g/mol. The van der Waals surface area contributed by atoms with Gasteiger partial charge in [0.2, 0.25) is 5.82 Å². The highest BCUT2D eigenvalue weighted by Gasteiger charge is 2.22. The summed E-state index contributed by atoms with van der Waals surface area (Å²) in [6.07, 6.45) is 4.25. The van der Waals surface area contributed by atoms with Crippen molar-refractivity contribution in [1.82, 2.24) is 25.2 Å². The summed E-state index contributed by atoms with van der Waals surface area (Å²) in [5.74, 6) is 0.930. The molecule has 0 radical (unpaired) electrons. The Labute approximate surface area is 146 Å². The van der Waals surface area contributed by atoms with Crippen LogP contribution in [0.15, 0.2) is 12.1 Å². The minimum Gasteiger partial charge on any atom is -0.464 e. The number of aryl methyl sites for hydroxylation is 1. The zero-order valence-electron chi connectivity index (χ0n) is 14.6. The van der Waals surface area contributed by atoms with E-state index < -0.39 is 5.97 Å². The highest BCUT2D eigenvalue weighted by molar-refractivity contribution is 5.88. The highest BCUT2D eigenvalue weighted by atomic mass is 16.5. The first-order valence-corrected chi connectivity index (χ1v) is 8.55. The molecule has 0 unspecified atom stereocenters. The number of methoxy groups -OCH3 is 1. The highest BCUT2D eigenvalue weighted by Crippen LogP contribution is 2.29. The van der Waals surface area contributed by atoms with E-state index in [0.29, 0.717) is 28.9 Å². The van der Waals surface area contributed by atoms with E-state index in [9.17, 15) is 9.90 Å². The molecule has 0 aliphatic heterocycles. The van der Waals surface area contributed by atoms with Crippen molar-refractivity contribution in [2.75, 3.05) is 13.7 Å². The standard InChI is InChI=1S/C17H23N5O3/c1-11-7-14(8-15(18-11)17(24)25-2)16-19-21-22(20-16)9-12-3-5-13(10-23)6-4-12/h7-8,12-13,23H,3-6,9-10H2,1-2H3. The van der Waals surface area contributed by atoms with E-state index in [1.54, 1.807) is 17.8 Å². The minimum absolute atomic E-state index is 0.233. The fourth-order valence-corrected chi connectivity index (χ4v) is 3.27. The van der Waals surface area contributed by atoms with Crippen LogP contribution in [0, 0.1) is 18.8 Å². The lowest BCUT2D eigenvalue weighted by Crippen LogP contribution is -2.21. The molecule has 1 N–H and O–H groups in total. The first kappa shape index (κ1) is 17.5. The normalized spacial score (nSPS) is 20.4. The van der Waals surface area contributed by atoms with Crippen LogP contribution < -0.4 is 0 Å². The number of hydrogen-bond donors (Lipinski definition) is 1. The predicted octanol–water partition coefficient (Wildman–Crippen LogP) is 1.63. The van der Waals surface area contributed by atoms with Crippen LogP contribution >= 0.6 is 0 Å². The monoisotopic (exact) mass is 345 g/mol. The number of rotatable bonds is 5. The number of aliphatic hydroxyl groups is 1. The number of carbonyl (C=O) groups is 1. The third kappa shape index (κ3) is 4.19. The smallest absolute Gasteiger partial charge is 0.356 e. The minimum atomic E-state index is -0.488. The van der Waals surface area contributed by atoms with Gasteiger partial charge in [-0.15, -0.1) is 10.2 Å². The largest absolute Gasteiger partial charge is 0.464 e. The van der Waals surface area contributed by atoms with Crippen LogP contribution in [0.4, 0.5) is 0 Å². The van der Waals surface area contributed by atoms with Gasteiger partial charge in [0.1, 0.15) is 5.69 Å². The molecule has 134 valence electrons. The fourth-order valence-electron chi connectivity index (χ4n) is 3.27.